The number of hydrogen-bond donors (Lipinski definition) is 2. The van der Waals surface area contributed by atoms with Crippen LogP contribution in [-0.2, 0) is 12.8 Å². The van der Waals surface area contributed by atoms with Crippen LogP contribution in [0.1, 0.15) is 21.5 Å². The molecule has 0 bridgehead atoms. The molecular formula is C26H23N3O2. The lowest BCUT2D eigenvalue weighted by Gasteiger charge is -2.12. The van der Waals surface area contributed by atoms with E-state index in [1.54, 1.807) is 7.11 Å². The van der Waals surface area contributed by atoms with Gasteiger partial charge in [-0.05, 0) is 59.9 Å². The van der Waals surface area contributed by atoms with E-state index in [0.717, 1.165) is 41.1 Å². The molecule has 1 heterocycles. The van der Waals surface area contributed by atoms with Crippen LogP contribution in [0, 0.1) is 0 Å². The van der Waals surface area contributed by atoms with E-state index in [4.69, 9.17) is 4.74 Å². The summed E-state index contributed by atoms with van der Waals surface area (Å²) in [7, 11) is 1.65. The summed E-state index contributed by atoms with van der Waals surface area (Å²) in [4.78, 5) is 12.7. The number of rotatable bonds is 5. The van der Waals surface area contributed by atoms with Gasteiger partial charge in [0.1, 0.15) is 5.75 Å². The summed E-state index contributed by atoms with van der Waals surface area (Å²) < 4.78 is 5.29. The fourth-order valence-corrected chi connectivity index (χ4v) is 4.13. The van der Waals surface area contributed by atoms with Gasteiger partial charge >= 0.3 is 0 Å². The maximum absolute atomic E-state index is 12.7. The number of carbonyl (C=O) groups excluding carboxylic acids is 1. The van der Waals surface area contributed by atoms with Crippen molar-refractivity contribution >= 4 is 5.91 Å². The van der Waals surface area contributed by atoms with E-state index in [1.807, 2.05) is 54.6 Å². The molecule has 4 aromatic rings. The molecule has 31 heavy (non-hydrogen) atoms. The lowest BCUT2D eigenvalue weighted by molar-refractivity contribution is 0.0938. The van der Waals surface area contributed by atoms with Gasteiger partial charge in [-0.1, -0.05) is 48.5 Å². The number of H-pyrrole nitrogens is 1. The predicted octanol–water partition coefficient (Wildman–Crippen LogP) is 4.65. The second-order valence-electron chi connectivity index (χ2n) is 7.82. The number of aromatic nitrogens is 2. The lowest BCUT2D eigenvalue weighted by atomic mass is 10.1. The van der Waals surface area contributed by atoms with Crippen LogP contribution in [0.5, 0.6) is 5.75 Å². The fourth-order valence-electron chi connectivity index (χ4n) is 4.13. The van der Waals surface area contributed by atoms with Crippen molar-refractivity contribution in [2.24, 2.45) is 0 Å². The number of amides is 1. The molecular weight excluding hydrogens is 386 g/mol. The molecule has 0 unspecified atom stereocenters. The Kier molecular flexibility index (Phi) is 5.00. The van der Waals surface area contributed by atoms with Crippen molar-refractivity contribution in [1.29, 1.82) is 0 Å². The molecule has 0 spiro atoms. The molecule has 3 aromatic carbocycles. The third-order valence-corrected chi connectivity index (χ3v) is 5.79. The van der Waals surface area contributed by atoms with E-state index in [1.165, 1.54) is 11.1 Å². The van der Waals surface area contributed by atoms with E-state index in [2.05, 4.69) is 39.8 Å². The molecule has 154 valence electrons. The van der Waals surface area contributed by atoms with Gasteiger partial charge in [0.15, 0.2) is 0 Å². The Labute approximate surface area is 181 Å². The first-order valence-corrected chi connectivity index (χ1v) is 10.4. The van der Waals surface area contributed by atoms with Gasteiger partial charge in [0.25, 0.3) is 5.91 Å². The summed E-state index contributed by atoms with van der Waals surface area (Å²) in [5, 5.41) is 10.7. The fraction of sp³-hybridized carbons (Fsp3) is 0.154. The summed E-state index contributed by atoms with van der Waals surface area (Å²) >= 11 is 0. The zero-order valence-corrected chi connectivity index (χ0v) is 17.3. The number of benzene rings is 3. The molecule has 5 rings (SSSR count). The van der Waals surface area contributed by atoms with Crippen LogP contribution in [-0.4, -0.2) is 29.3 Å². The third-order valence-electron chi connectivity index (χ3n) is 5.79. The van der Waals surface area contributed by atoms with E-state index in [9.17, 15) is 4.79 Å². The van der Waals surface area contributed by atoms with Crippen molar-refractivity contribution in [3.63, 3.8) is 0 Å². The SMILES string of the molecule is COc1cccc(-c2cc(-c3ccc(C(=O)NC4Cc5ccccc5C4)cc3)[nH]n2)c1. The minimum absolute atomic E-state index is 0.0361. The smallest absolute Gasteiger partial charge is 0.251 e. The minimum Gasteiger partial charge on any atom is -0.497 e. The number of nitrogens with one attached hydrogen (secondary N) is 2. The molecule has 0 aliphatic heterocycles. The van der Waals surface area contributed by atoms with Gasteiger partial charge in [0.05, 0.1) is 18.5 Å². The first kappa shape index (κ1) is 19.1. The van der Waals surface area contributed by atoms with Crippen molar-refractivity contribution in [1.82, 2.24) is 15.5 Å². The number of aromatic amines is 1. The Hall–Kier alpha value is -3.86. The van der Waals surface area contributed by atoms with Crippen LogP contribution >= 0.6 is 0 Å². The largest absolute Gasteiger partial charge is 0.497 e. The summed E-state index contributed by atoms with van der Waals surface area (Å²) in [5.74, 6) is 0.758. The van der Waals surface area contributed by atoms with E-state index in [-0.39, 0.29) is 11.9 Å². The Morgan fingerprint density at radius 3 is 2.39 bits per heavy atom. The molecule has 1 aromatic heterocycles. The Balaban J connectivity index is 1.27. The molecule has 1 amide bonds. The van der Waals surface area contributed by atoms with Gasteiger partial charge < -0.3 is 10.1 Å². The normalized spacial score (nSPS) is 13.1. The molecule has 0 fully saturated rings. The molecule has 1 aliphatic rings. The summed E-state index contributed by atoms with van der Waals surface area (Å²) in [6.45, 7) is 0. The number of ether oxygens (including phenoxy) is 1. The summed E-state index contributed by atoms with van der Waals surface area (Å²) in [6, 6.07) is 26.0. The zero-order valence-electron chi connectivity index (χ0n) is 17.3. The highest BCUT2D eigenvalue weighted by molar-refractivity contribution is 5.95. The van der Waals surface area contributed by atoms with Crippen molar-refractivity contribution in [3.8, 4) is 28.3 Å². The van der Waals surface area contributed by atoms with Crippen molar-refractivity contribution in [2.75, 3.05) is 7.11 Å². The molecule has 0 radical (unpaired) electrons. The van der Waals surface area contributed by atoms with E-state index in [0.29, 0.717) is 5.56 Å². The molecule has 5 nitrogen and oxygen atoms in total. The standard InChI is InChI=1S/C26H23N3O2/c1-31-23-8-4-7-21(15-23)25-16-24(28-29-25)17-9-11-18(12-10-17)26(30)27-22-13-19-5-2-3-6-20(19)14-22/h2-12,15-16,22H,13-14H2,1H3,(H,27,30)(H,28,29). The van der Waals surface area contributed by atoms with Crippen LogP contribution in [0.25, 0.3) is 22.5 Å². The lowest BCUT2D eigenvalue weighted by Crippen LogP contribution is -2.35. The van der Waals surface area contributed by atoms with Crippen LogP contribution < -0.4 is 10.1 Å². The quantitative estimate of drug-likeness (QED) is 0.504. The van der Waals surface area contributed by atoms with E-state index >= 15 is 0 Å². The highest BCUT2D eigenvalue weighted by atomic mass is 16.5. The maximum Gasteiger partial charge on any atom is 0.251 e. The van der Waals surface area contributed by atoms with Crippen LogP contribution in [0.4, 0.5) is 0 Å². The first-order chi connectivity index (χ1) is 15.2. The van der Waals surface area contributed by atoms with Gasteiger partial charge in [-0.25, -0.2) is 0 Å². The molecule has 2 N–H and O–H groups in total. The predicted molar refractivity (Wildman–Crippen MR) is 121 cm³/mol. The average Bonchev–Trinajstić information content (AvgIpc) is 3.46. The van der Waals surface area contributed by atoms with Gasteiger partial charge in [0, 0.05) is 17.2 Å². The summed E-state index contributed by atoms with van der Waals surface area (Å²) in [6.07, 6.45) is 1.78. The van der Waals surface area contributed by atoms with Gasteiger partial charge in [-0.15, -0.1) is 0 Å². The maximum atomic E-state index is 12.7. The number of hydrogen-bond acceptors (Lipinski definition) is 3. The molecule has 0 atom stereocenters. The average molecular weight is 409 g/mol. The molecule has 0 saturated carbocycles. The Morgan fingerprint density at radius 2 is 1.68 bits per heavy atom. The van der Waals surface area contributed by atoms with Crippen LogP contribution in [0.2, 0.25) is 0 Å². The monoisotopic (exact) mass is 409 g/mol. The van der Waals surface area contributed by atoms with Gasteiger partial charge in [-0.3, -0.25) is 9.89 Å². The highest BCUT2D eigenvalue weighted by Gasteiger charge is 2.22. The second kappa shape index (κ2) is 8.11. The third kappa shape index (κ3) is 3.94. The Morgan fingerprint density at radius 1 is 0.935 bits per heavy atom. The molecule has 0 saturated heterocycles. The summed E-state index contributed by atoms with van der Waals surface area (Å²) in [5.41, 5.74) is 7.02. The zero-order chi connectivity index (χ0) is 21.2. The Bertz CT molecular complexity index is 1200. The van der Waals surface area contributed by atoms with Crippen molar-refractivity contribution in [3.05, 3.63) is 95.6 Å². The molecule has 1 aliphatic carbocycles. The number of fused-ring (bicyclic) bond motifs is 1. The minimum atomic E-state index is -0.0361. The van der Waals surface area contributed by atoms with Crippen molar-refractivity contribution < 1.29 is 9.53 Å². The number of methoxy groups -OCH3 is 1. The topological polar surface area (TPSA) is 67.0 Å². The van der Waals surface area contributed by atoms with Gasteiger partial charge in [-0.2, -0.15) is 5.10 Å². The second-order valence-corrected chi connectivity index (χ2v) is 7.82. The van der Waals surface area contributed by atoms with Crippen LogP contribution in [0.15, 0.2) is 78.9 Å². The highest BCUT2D eigenvalue weighted by Crippen LogP contribution is 2.27. The van der Waals surface area contributed by atoms with Crippen LogP contribution in [0.3, 0.4) is 0 Å². The molecule has 5 heteroatoms. The number of nitrogens with zero attached hydrogens (tertiary/aromatic N) is 1. The first-order valence-electron chi connectivity index (χ1n) is 10.4. The van der Waals surface area contributed by atoms with Gasteiger partial charge in [0.2, 0.25) is 0 Å². The number of carbonyl (C=O) groups is 1. The van der Waals surface area contributed by atoms with E-state index < -0.39 is 0 Å². The van der Waals surface area contributed by atoms with Crippen molar-refractivity contribution in [2.45, 2.75) is 18.9 Å².